The molecule has 170 valence electrons. The van der Waals surface area contributed by atoms with Gasteiger partial charge >= 0.3 is 19.3 Å². The van der Waals surface area contributed by atoms with Crippen LogP contribution in [0.3, 0.4) is 0 Å². The van der Waals surface area contributed by atoms with Gasteiger partial charge in [-0.05, 0) is 30.4 Å². The molecule has 1 aromatic carbocycles. The van der Waals surface area contributed by atoms with E-state index in [9.17, 15) is 27.8 Å². The highest BCUT2D eigenvalue weighted by Gasteiger charge is 2.38. The number of carbonyl (C=O) groups excluding carboxylic acids is 2. The second-order valence-corrected chi connectivity index (χ2v) is 8.22. The van der Waals surface area contributed by atoms with Crippen molar-refractivity contribution in [2.45, 2.75) is 69.9 Å². The number of benzene rings is 1. The average Bonchev–Trinajstić information content (AvgIpc) is 2.72. The van der Waals surface area contributed by atoms with Crippen molar-refractivity contribution in [1.82, 2.24) is 5.32 Å². The largest absolute Gasteiger partial charge is 0.547 e. The van der Waals surface area contributed by atoms with E-state index in [0.29, 0.717) is 18.1 Å². The van der Waals surface area contributed by atoms with Crippen LogP contribution in [-0.2, 0) is 16.0 Å². The molecule has 1 amide bonds. The van der Waals surface area contributed by atoms with Crippen molar-refractivity contribution >= 4 is 19.0 Å². The first-order chi connectivity index (χ1) is 14.7. The molecule has 1 saturated carbocycles. The molecule has 1 aliphatic heterocycles. The Morgan fingerprint density at radius 1 is 1.23 bits per heavy atom. The number of fused-ring (bicyclic) bond motifs is 1. The first-order valence-corrected chi connectivity index (χ1v) is 10.7. The number of para-hydroxylation sites is 1. The van der Waals surface area contributed by atoms with Crippen molar-refractivity contribution in [3.63, 3.8) is 0 Å². The molecule has 1 atom stereocenters. The SMILES string of the molecule is O=C(CCC(F)(F)F)N[C@H]1Cc2cccc(C(=O)OCCC3CCCCC3)c2OB1O. The number of rotatable bonds is 7. The lowest BCUT2D eigenvalue weighted by atomic mass is 9.72. The van der Waals surface area contributed by atoms with E-state index in [-0.39, 0.29) is 17.7 Å². The molecule has 0 radical (unpaired) electrons. The topological polar surface area (TPSA) is 84.9 Å². The standard InChI is InChI=1S/C21H27BF3NO5/c23-21(24,25)11-9-18(27)26-17-13-15-7-4-8-16(19(15)31-22(17)29)20(28)30-12-10-14-5-2-1-3-6-14/h4,7-8,14,17,29H,1-3,5-6,9-13H2,(H,26,27)/t17-/m0/s1. The van der Waals surface area contributed by atoms with Crippen LogP contribution in [0.1, 0.15) is 67.3 Å². The zero-order valence-corrected chi connectivity index (χ0v) is 17.2. The zero-order chi connectivity index (χ0) is 22.4. The summed E-state index contributed by atoms with van der Waals surface area (Å²) < 4.78 is 47.7. The predicted molar refractivity (Wildman–Crippen MR) is 107 cm³/mol. The van der Waals surface area contributed by atoms with E-state index in [1.54, 1.807) is 12.1 Å². The molecule has 0 unspecified atom stereocenters. The third-order valence-electron chi connectivity index (χ3n) is 5.81. The fourth-order valence-electron chi connectivity index (χ4n) is 4.11. The van der Waals surface area contributed by atoms with Crippen LogP contribution in [-0.4, -0.2) is 42.7 Å². The van der Waals surface area contributed by atoms with Crippen LogP contribution >= 0.6 is 0 Å². The van der Waals surface area contributed by atoms with E-state index in [0.717, 1.165) is 19.3 Å². The molecular formula is C21H27BF3NO5. The van der Waals surface area contributed by atoms with Crippen LogP contribution in [0.15, 0.2) is 18.2 Å². The summed E-state index contributed by atoms with van der Waals surface area (Å²) >= 11 is 0. The predicted octanol–water partition coefficient (Wildman–Crippen LogP) is 3.60. The number of esters is 1. The molecule has 1 aliphatic carbocycles. The fraction of sp³-hybridized carbons (Fsp3) is 0.619. The Bertz CT molecular complexity index is 783. The number of ether oxygens (including phenoxy) is 1. The average molecular weight is 441 g/mol. The van der Waals surface area contributed by atoms with Gasteiger partial charge in [-0.15, -0.1) is 0 Å². The number of halogens is 3. The Morgan fingerprint density at radius 2 is 1.97 bits per heavy atom. The maximum absolute atomic E-state index is 12.5. The van der Waals surface area contributed by atoms with Crippen molar-refractivity contribution in [2.75, 3.05) is 6.61 Å². The van der Waals surface area contributed by atoms with E-state index in [2.05, 4.69) is 5.32 Å². The van der Waals surface area contributed by atoms with Gasteiger partial charge in [0, 0.05) is 6.42 Å². The van der Waals surface area contributed by atoms with Gasteiger partial charge in [-0.3, -0.25) is 4.79 Å². The van der Waals surface area contributed by atoms with Gasteiger partial charge in [-0.1, -0.05) is 44.2 Å². The second kappa shape index (κ2) is 10.4. The van der Waals surface area contributed by atoms with Crippen molar-refractivity contribution in [2.24, 2.45) is 5.92 Å². The minimum Gasteiger partial charge on any atom is -0.534 e. The normalized spacial score (nSPS) is 19.4. The third-order valence-corrected chi connectivity index (χ3v) is 5.81. The molecule has 6 nitrogen and oxygen atoms in total. The Balaban J connectivity index is 1.56. The molecule has 0 aromatic heterocycles. The summed E-state index contributed by atoms with van der Waals surface area (Å²) in [5, 5.41) is 12.6. The van der Waals surface area contributed by atoms with Crippen molar-refractivity contribution in [3.8, 4) is 5.75 Å². The molecule has 10 heteroatoms. The summed E-state index contributed by atoms with van der Waals surface area (Å²) in [5.74, 6) is -1.53. The van der Waals surface area contributed by atoms with Gasteiger partial charge in [0.05, 0.1) is 19.0 Å². The molecule has 2 aliphatic rings. The van der Waals surface area contributed by atoms with Gasteiger partial charge < -0.3 is 19.7 Å². The lowest BCUT2D eigenvalue weighted by Gasteiger charge is -2.29. The van der Waals surface area contributed by atoms with Gasteiger partial charge in [0.1, 0.15) is 11.3 Å². The lowest BCUT2D eigenvalue weighted by molar-refractivity contribution is -0.144. The quantitative estimate of drug-likeness (QED) is 0.499. The highest BCUT2D eigenvalue weighted by molar-refractivity contribution is 6.47. The van der Waals surface area contributed by atoms with Crippen LogP contribution in [0.5, 0.6) is 5.75 Å². The number of hydrogen-bond donors (Lipinski definition) is 2. The minimum atomic E-state index is -4.43. The monoisotopic (exact) mass is 441 g/mol. The van der Waals surface area contributed by atoms with Crippen molar-refractivity contribution in [3.05, 3.63) is 29.3 Å². The van der Waals surface area contributed by atoms with Crippen LogP contribution in [0, 0.1) is 5.92 Å². The smallest absolute Gasteiger partial charge is 0.534 e. The number of nitrogens with one attached hydrogen (secondary N) is 1. The van der Waals surface area contributed by atoms with Crippen LogP contribution in [0.4, 0.5) is 13.2 Å². The van der Waals surface area contributed by atoms with E-state index in [4.69, 9.17) is 9.39 Å². The molecule has 0 spiro atoms. The summed E-state index contributed by atoms with van der Waals surface area (Å²) in [6, 6.07) is 4.85. The van der Waals surface area contributed by atoms with Crippen molar-refractivity contribution in [1.29, 1.82) is 0 Å². The number of carbonyl (C=O) groups is 2. The summed E-state index contributed by atoms with van der Waals surface area (Å²) in [7, 11) is -1.49. The van der Waals surface area contributed by atoms with Gasteiger partial charge in [0.2, 0.25) is 5.91 Å². The molecule has 0 bridgehead atoms. The van der Waals surface area contributed by atoms with E-state index >= 15 is 0 Å². The summed E-state index contributed by atoms with van der Waals surface area (Å²) in [6.45, 7) is 0.313. The van der Waals surface area contributed by atoms with Gasteiger partial charge in [-0.25, -0.2) is 4.79 Å². The highest BCUT2D eigenvalue weighted by atomic mass is 19.4. The Hall–Kier alpha value is -2.23. The van der Waals surface area contributed by atoms with Crippen LogP contribution in [0.25, 0.3) is 0 Å². The lowest BCUT2D eigenvalue weighted by Crippen LogP contribution is -2.53. The summed E-state index contributed by atoms with van der Waals surface area (Å²) in [5.41, 5.74) is 0.746. The minimum absolute atomic E-state index is 0.122. The molecule has 1 aromatic rings. The molecule has 1 fully saturated rings. The third kappa shape index (κ3) is 6.88. The Labute approximate surface area is 179 Å². The molecular weight excluding hydrogens is 414 g/mol. The molecule has 2 N–H and O–H groups in total. The summed E-state index contributed by atoms with van der Waals surface area (Å²) in [6.07, 6.45) is 0.534. The van der Waals surface area contributed by atoms with Gasteiger partial charge in [0.15, 0.2) is 0 Å². The molecule has 1 heterocycles. The van der Waals surface area contributed by atoms with Gasteiger partial charge in [0.25, 0.3) is 0 Å². The van der Waals surface area contributed by atoms with Gasteiger partial charge in [-0.2, -0.15) is 13.2 Å². The van der Waals surface area contributed by atoms with Crippen molar-refractivity contribution < 1.29 is 37.2 Å². The number of hydrogen-bond acceptors (Lipinski definition) is 5. The molecule has 31 heavy (non-hydrogen) atoms. The molecule has 0 saturated heterocycles. The Morgan fingerprint density at radius 3 is 2.68 bits per heavy atom. The van der Waals surface area contributed by atoms with E-state index in [1.807, 2.05) is 0 Å². The fourth-order valence-corrected chi connectivity index (χ4v) is 4.11. The number of alkyl halides is 3. The zero-order valence-electron chi connectivity index (χ0n) is 17.2. The number of amides is 1. The second-order valence-electron chi connectivity index (χ2n) is 8.22. The van der Waals surface area contributed by atoms with E-state index < -0.39 is 44.0 Å². The molecule has 3 rings (SSSR count). The highest BCUT2D eigenvalue weighted by Crippen LogP contribution is 2.31. The van der Waals surface area contributed by atoms with Crippen LogP contribution < -0.4 is 9.97 Å². The van der Waals surface area contributed by atoms with Crippen LogP contribution in [0.2, 0.25) is 0 Å². The maximum atomic E-state index is 12.5. The maximum Gasteiger partial charge on any atom is 0.547 e. The Kier molecular flexibility index (Phi) is 7.86. The first-order valence-electron chi connectivity index (χ1n) is 10.7. The first kappa shape index (κ1) is 23.4. The van der Waals surface area contributed by atoms with E-state index in [1.165, 1.54) is 25.3 Å². The summed E-state index contributed by atoms with van der Waals surface area (Å²) in [4.78, 5) is 24.3.